The molecule has 0 aliphatic heterocycles. The van der Waals surface area contributed by atoms with Crippen LogP contribution in [-0.4, -0.2) is 5.91 Å². The monoisotopic (exact) mass is 239 g/mol. The molecule has 0 saturated heterocycles. The van der Waals surface area contributed by atoms with E-state index in [-0.39, 0.29) is 5.91 Å². The van der Waals surface area contributed by atoms with E-state index >= 15 is 0 Å². The number of amides is 1. The summed E-state index contributed by atoms with van der Waals surface area (Å²) in [4.78, 5) is 10.9. The molecule has 0 saturated carbocycles. The molecule has 0 bridgehead atoms. The first-order valence-electron chi connectivity index (χ1n) is 7.05. The van der Waals surface area contributed by atoms with Crippen molar-refractivity contribution in [2.24, 2.45) is 5.73 Å². The molecule has 0 aromatic rings. The highest BCUT2D eigenvalue weighted by atomic mass is 16.1. The van der Waals surface area contributed by atoms with Crippen LogP contribution in [0.2, 0.25) is 0 Å². The van der Waals surface area contributed by atoms with Gasteiger partial charge in [-0.3, -0.25) is 4.79 Å². The molecule has 2 heteroatoms. The second-order valence-electron chi connectivity index (χ2n) is 4.99. The van der Waals surface area contributed by atoms with Crippen LogP contribution in [0.3, 0.4) is 0 Å². The largest absolute Gasteiger partial charge is 0.366 e. The van der Waals surface area contributed by atoms with Crippen molar-refractivity contribution in [2.45, 2.75) is 78.6 Å². The van der Waals surface area contributed by atoms with Crippen molar-refractivity contribution in [3.8, 4) is 0 Å². The summed E-state index contributed by atoms with van der Waals surface area (Å²) in [5.74, 6) is -0.276. The Kier molecular flexibility index (Phi) is 9.89. The van der Waals surface area contributed by atoms with E-state index < -0.39 is 0 Å². The van der Waals surface area contributed by atoms with E-state index in [0.717, 1.165) is 17.6 Å². The van der Waals surface area contributed by atoms with Crippen molar-refractivity contribution in [3.63, 3.8) is 0 Å². The van der Waals surface area contributed by atoms with Gasteiger partial charge in [-0.2, -0.15) is 0 Å². The van der Waals surface area contributed by atoms with Gasteiger partial charge in [-0.1, -0.05) is 57.4 Å². The van der Waals surface area contributed by atoms with Gasteiger partial charge in [0.15, 0.2) is 0 Å². The maximum absolute atomic E-state index is 10.9. The lowest BCUT2D eigenvalue weighted by molar-refractivity contribution is -0.114. The zero-order chi connectivity index (χ0) is 13.1. The SMILES string of the molecule is CCCCCCCCCCC(C)=C(C)C(N)=O. The number of rotatable bonds is 10. The molecular formula is C15H29NO. The molecule has 0 aromatic heterocycles. The van der Waals surface area contributed by atoms with Gasteiger partial charge in [0.05, 0.1) is 0 Å². The first-order valence-corrected chi connectivity index (χ1v) is 7.05. The summed E-state index contributed by atoms with van der Waals surface area (Å²) in [5, 5.41) is 0. The maximum atomic E-state index is 10.9. The second kappa shape index (κ2) is 10.4. The number of unbranched alkanes of at least 4 members (excludes halogenated alkanes) is 7. The highest BCUT2D eigenvalue weighted by Crippen LogP contribution is 2.14. The molecule has 0 atom stereocenters. The zero-order valence-electron chi connectivity index (χ0n) is 11.8. The van der Waals surface area contributed by atoms with Crippen LogP contribution in [0.5, 0.6) is 0 Å². The van der Waals surface area contributed by atoms with Crippen molar-refractivity contribution in [3.05, 3.63) is 11.1 Å². The van der Waals surface area contributed by atoms with Gasteiger partial charge in [-0.25, -0.2) is 0 Å². The van der Waals surface area contributed by atoms with Crippen LogP contribution in [0, 0.1) is 0 Å². The number of carbonyl (C=O) groups excluding carboxylic acids is 1. The highest BCUT2D eigenvalue weighted by molar-refractivity contribution is 5.91. The van der Waals surface area contributed by atoms with E-state index in [4.69, 9.17) is 5.73 Å². The molecule has 2 N–H and O–H groups in total. The van der Waals surface area contributed by atoms with Crippen LogP contribution in [0.15, 0.2) is 11.1 Å². The minimum absolute atomic E-state index is 0.276. The molecule has 0 radical (unpaired) electrons. The number of allylic oxidation sites excluding steroid dienone is 1. The molecule has 0 heterocycles. The fourth-order valence-electron chi connectivity index (χ4n) is 1.92. The van der Waals surface area contributed by atoms with Crippen LogP contribution >= 0.6 is 0 Å². The van der Waals surface area contributed by atoms with Gasteiger partial charge >= 0.3 is 0 Å². The third kappa shape index (κ3) is 8.96. The van der Waals surface area contributed by atoms with Gasteiger partial charge in [0.25, 0.3) is 0 Å². The first-order chi connectivity index (χ1) is 8.09. The van der Waals surface area contributed by atoms with Gasteiger partial charge < -0.3 is 5.73 Å². The Hall–Kier alpha value is -0.790. The molecule has 100 valence electrons. The molecule has 0 unspecified atom stereocenters. The molecule has 0 aliphatic carbocycles. The predicted molar refractivity (Wildman–Crippen MR) is 74.8 cm³/mol. The van der Waals surface area contributed by atoms with Crippen molar-refractivity contribution in [2.75, 3.05) is 0 Å². The summed E-state index contributed by atoms with van der Waals surface area (Å²) in [5.41, 5.74) is 7.14. The minimum Gasteiger partial charge on any atom is -0.366 e. The molecule has 0 aromatic carbocycles. The van der Waals surface area contributed by atoms with E-state index in [9.17, 15) is 4.79 Å². The van der Waals surface area contributed by atoms with Crippen molar-refractivity contribution in [1.82, 2.24) is 0 Å². The Morgan fingerprint density at radius 3 is 1.82 bits per heavy atom. The summed E-state index contributed by atoms with van der Waals surface area (Å²) in [6, 6.07) is 0. The Bertz CT molecular complexity index is 243. The number of hydrogen-bond acceptors (Lipinski definition) is 1. The molecule has 17 heavy (non-hydrogen) atoms. The van der Waals surface area contributed by atoms with Gasteiger partial charge in [0.2, 0.25) is 5.91 Å². The molecule has 0 fully saturated rings. The minimum atomic E-state index is -0.276. The molecule has 0 aliphatic rings. The van der Waals surface area contributed by atoms with Gasteiger partial charge in [-0.05, 0) is 26.7 Å². The van der Waals surface area contributed by atoms with E-state index in [0.29, 0.717) is 0 Å². The zero-order valence-corrected chi connectivity index (χ0v) is 11.8. The average Bonchev–Trinajstić information content (AvgIpc) is 2.31. The normalized spacial score (nSPS) is 12.4. The maximum Gasteiger partial charge on any atom is 0.244 e. The number of carbonyl (C=O) groups is 1. The lowest BCUT2D eigenvalue weighted by atomic mass is 10.0. The standard InChI is InChI=1S/C15H29NO/c1-4-5-6-7-8-9-10-11-12-13(2)14(3)15(16)17/h4-12H2,1-3H3,(H2,16,17). The number of nitrogens with two attached hydrogens (primary N) is 1. The summed E-state index contributed by atoms with van der Waals surface area (Å²) in [7, 11) is 0. The molecule has 0 rings (SSSR count). The molecule has 1 amide bonds. The van der Waals surface area contributed by atoms with E-state index in [1.54, 1.807) is 0 Å². The van der Waals surface area contributed by atoms with Crippen LogP contribution in [0.25, 0.3) is 0 Å². The van der Waals surface area contributed by atoms with E-state index in [1.807, 2.05) is 13.8 Å². The van der Waals surface area contributed by atoms with Gasteiger partial charge in [0.1, 0.15) is 0 Å². The van der Waals surface area contributed by atoms with Crippen LogP contribution < -0.4 is 5.73 Å². The third-order valence-corrected chi connectivity index (χ3v) is 3.42. The smallest absolute Gasteiger partial charge is 0.244 e. The van der Waals surface area contributed by atoms with Crippen LogP contribution in [-0.2, 0) is 4.79 Å². The van der Waals surface area contributed by atoms with Crippen molar-refractivity contribution in [1.29, 1.82) is 0 Å². The molecule has 0 spiro atoms. The summed E-state index contributed by atoms with van der Waals surface area (Å²) in [6.07, 6.45) is 11.6. The summed E-state index contributed by atoms with van der Waals surface area (Å²) in [6.45, 7) is 6.08. The van der Waals surface area contributed by atoms with Crippen LogP contribution in [0.4, 0.5) is 0 Å². The quantitative estimate of drug-likeness (QED) is 0.447. The average molecular weight is 239 g/mol. The Labute approximate surface area is 107 Å². The lowest BCUT2D eigenvalue weighted by Gasteiger charge is -2.05. The Morgan fingerprint density at radius 2 is 1.35 bits per heavy atom. The lowest BCUT2D eigenvalue weighted by Crippen LogP contribution is -2.13. The van der Waals surface area contributed by atoms with Crippen molar-refractivity contribution < 1.29 is 4.79 Å². The molecular weight excluding hydrogens is 210 g/mol. The van der Waals surface area contributed by atoms with Crippen LogP contribution in [0.1, 0.15) is 78.6 Å². The Balaban J connectivity index is 3.46. The van der Waals surface area contributed by atoms with E-state index in [2.05, 4.69) is 6.92 Å². The molecule has 2 nitrogen and oxygen atoms in total. The number of primary amides is 1. The van der Waals surface area contributed by atoms with E-state index in [1.165, 1.54) is 51.4 Å². The second-order valence-corrected chi connectivity index (χ2v) is 4.99. The third-order valence-electron chi connectivity index (χ3n) is 3.42. The fraction of sp³-hybridized carbons (Fsp3) is 0.800. The van der Waals surface area contributed by atoms with Gasteiger partial charge in [0, 0.05) is 5.57 Å². The number of hydrogen-bond donors (Lipinski definition) is 1. The highest BCUT2D eigenvalue weighted by Gasteiger charge is 2.02. The Morgan fingerprint density at radius 1 is 0.882 bits per heavy atom. The first kappa shape index (κ1) is 16.2. The summed E-state index contributed by atoms with van der Waals surface area (Å²) >= 11 is 0. The van der Waals surface area contributed by atoms with Gasteiger partial charge in [-0.15, -0.1) is 0 Å². The summed E-state index contributed by atoms with van der Waals surface area (Å²) < 4.78 is 0. The fourth-order valence-corrected chi connectivity index (χ4v) is 1.92. The predicted octanol–water partition coefficient (Wildman–Crippen LogP) is 4.34. The topological polar surface area (TPSA) is 43.1 Å². The van der Waals surface area contributed by atoms with Crippen molar-refractivity contribution >= 4 is 5.91 Å².